The third-order valence-electron chi connectivity index (χ3n) is 2.26. The molecule has 1 rings (SSSR count). The normalized spacial score (nSPS) is 14.2. The molecular formula is C9H14N4O4. The molecule has 0 saturated carbocycles. The summed E-state index contributed by atoms with van der Waals surface area (Å²) in [7, 11) is 0. The molecule has 0 aromatic carbocycles. The Morgan fingerprint density at radius 2 is 1.88 bits per heavy atom. The van der Waals surface area contributed by atoms with Crippen molar-refractivity contribution in [2.24, 2.45) is 11.5 Å². The zero-order valence-corrected chi connectivity index (χ0v) is 8.98. The predicted molar refractivity (Wildman–Crippen MR) is 57.2 cm³/mol. The minimum absolute atomic E-state index is 0.0248. The first-order valence-corrected chi connectivity index (χ1v) is 4.87. The Morgan fingerprint density at radius 3 is 2.41 bits per heavy atom. The number of aromatic nitrogens is 2. The molecule has 0 fully saturated rings. The summed E-state index contributed by atoms with van der Waals surface area (Å²) >= 11 is 0. The highest BCUT2D eigenvalue weighted by atomic mass is 16.4. The number of carboxylic acid groups (broad SMARTS) is 2. The van der Waals surface area contributed by atoms with Gasteiger partial charge in [0.15, 0.2) is 0 Å². The molecule has 6 N–H and O–H groups in total. The lowest BCUT2D eigenvalue weighted by Crippen LogP contribution is -2.36. The largest absolute Gasteiger partial charge is 0.480 e. The highest BCUT2D eigenvalue weighted by Gasteiger charge is 2.17. The van der Waals surface area contributed by atoms with E-state index in [0.29, 0.717) is 5.69 Å². The second-order valence-corrected chi connectivity index (χ2v) is 3.63. The topological polar surface area (TPSA) is 144 Å². The van der Waals surface area contributed by atoms with Gasteiger partial charge >= 0.3 is 11.9 Å². The van der Waals surface area contributed by atoms with Crippen LogP contribution in [0.15, 0.2) is 12.5 Å². The molecule has 0 amide bonds. The van der Waals surface area contributed by atoms with E-state index < -0.39 is 24.0 Å². The molecule has 1 heterocycles. The Labute approximate surface area is 96.9 Å². The molecule has 17 heavy (non-hydrogen) atoms. The molecule has 0 aliphatic rings. The average Bonchev–Trinajstić information content (AvgIpc) is 2.65. The van der Waals surface area contributed by atoms with Gasteiger partial charge in [-0.1, -0.05) is 0 Å². The molecule has 0 bridgehead atoms. The predicted octanol–water partition coefficient (Wildman–Crippen LogP) is -1.75. The van der Waals surface area contributed by atoms with Gasteiger partial charge in [0.1, 0.15) is 12.1 Å². The molecule has 0 aliphatic heterocycles. The summed E-state index contributed by atoms with van der Waals surface area (Å²) in [5.41, 5.74) is 11.3. The van der Waals surface area contributed by atoms with Crippen LogP contribution in [0.2, 0.25) is 0 Å². The van der Waals surface area contributed by atoms with E-state index in [0.717, 1.165) is 0 Å². The molecule has 0 aliphatic carbocycles. The van der Waals surface area contributed by atoms with E-state index in [-0.39, 0.29) is 13.0 Å². The number of imidazole rings is 1. The maximum absolute atomic E-state index is 10.6. The molecule has 1 aromatic rings. The van der Waals surface area contributed by atoms with Crippen LogP contribution in [0.3, 0.4) is 0 Å². The van der Waals surface area contributed by atoms with E-state index in [2.05, 4.69) is 4.98 Å². The number of carbonyl (C=O) groups is 2. The number of carboxylic acids is 2. The summed E-state index contributed by atoms with van der Waals surface area (Å²) < 4.78 is 1.49. The van der Waals surface area contributed by atoms with Gasteiger partial charge in [-0.15, -0.1) is 0 Å². The van der Waals surface area contributed by atoms with Gasteiger partial charge in [-0.2, -0.15) is 0 Å². The van der Waals surface area contributed by atoms with Crippen molar-refractivity contribution in [3.05, 3.63) is 18.2 Å². The number of aliphatic carboxylic acids is 2. The molecule has 2 unspecified atom stereocenters. The third-order valence-corrected chi connectivity index (χ3v) is 2.26. The van der Waals surface area contributed by atoms with Crippen molar-refractivity contribution in [3.8, 4) is 0 Å². The van der Waals surface area contributed by atoms with Crippen LogP contribution >= 0.6 is 0 Å². The van der Waals surface area contributed by atoms with E-state index in [4.69, 9.17) is 21.7 Å². The summed E-state index contributed by atoms with van der Waals surface area (Å²) in [5.74, 6) is -2.26. The van der Waals surface area contributed by atoms with Crippen LogP contribution in [0, 0.1) is 0 Å². The molecule has 8 nitrogen and oxygen atoms in total. The summed E-state index contributed by atoms with van der Waals surface area (Å²) in [6.07, 6.45) is 2.91. The Balaban J connectivity index is 2.72. The van der Waals surface area contributed by atoms with Crippen molar-refractivity contribution in [2.75, 3.05) is 0 Å². The van der Waals surface area contributed by atoms with Crippen molar-refractivity contribution >= 4 is 11.9 Å². The Kier molecular flexibility index (Phi) is 4.18. The fraction of sp³-hybridized carbons (Fsp3) is 0.444. The van der Waals surface area contributed by atoms with Crippen LogP contribution in [-0.4, -0.2) is 43.8 Å². The van der Waals surface area contributed by atoms with Crippen molar-refractivity contribution < 1.29 is 19.8 Å². The van der Waals surface area contributed by atoms with Gasteiger partial charge in [0, 0.05) is 24.9 Å². The van der Waals surface area contributed by atoms with Crippen LogP contribution in [0.5, 0.6) is 0 Å². The van der Waals surface area contributed by atoms with Gasteiger partial charge in [0.2, 0.25) is 0 Å². The highest BCUT2D eigenvalue weighted by molar-refractivity contribution is 5.73. The van der Waals surface area contributed by atoms with Gasteiger partial charge in [-0.25, -0.2) is 4.98 Å². The van der Waals surface area contributed by atoms with Crippen LogP contribution in [0.4, 0.5) is 0 Å². The average molecular weight is 242 g/mol. The highest BCUT2D eigenvalue weighted by Crippen LogP contribution is 2.04. The number of nitrogens with zero attached hydrogens (tertiary/aromatic N) is 2. The van der Waals surface area contributed by atoms with Crippen molar-refractivity contribution in [3.63, 3.8) is 0 Å². The Hall–Kier alpha value is -1.93. The van der Waals surface area contributed by atoms with Gasteiger partial charge < -0.3 is 26.2 Å². The smallest absolute Gasteiger partial charge is 0.322 e. The summed E-state index contributed by atoms with van der Waals surface area (Å²) in [4.78, 5) is 25.0. The zero-order valence-electron chi connectivity index (χ0n) is 8.98. The minimum atomic E-state index is -1.13. The van der Waals surface area contributed by atoms with E-state index in [1.165, 1.54) is 17.1 Å². The van der Waals surface area contributed by atoms with Crippen molar-refractivity contribution in [2.45, 2.75) is 25.0 Å². The molecule has 0 radical (unpaired) electrons. The second-order valence-electron chi connectivity index (χ2n) is 3.63. The number of hydrogen-bond donors (Lipinski definition) is 4. The van der Waals surface area contributed by atoms with Gasteiger partial charge in [-0.3, -0.25) is 9.59 Å². The van der Waals surface area contributed by atoms with Gasteiger partial charge in [0.25, 0.3) is 0 Å². The molecule has 1 aromatic heterocycles. The standard InChI is InChI=1S/C9H14N4O4/c10-6(8(14)15)1-5-2-12-4-13(5)3-7(11)9(16)17/h2,4,6-7H,1,3,10-11H2,(H,14,15)(H,16,17). The first-order chi connectivity index (χ1) is 7.91. The SMILES string of the molecule is NC(Cc1cncn1CC(N)C(=O)O)C(=O)O. The van der Waals surface area contributed by atoms with Crippen LogP contribution < -0.4 is 11.5 Å². The van der Waals surface area contributed by atoms with E-state index in [1.54, 1.807) is 0 Å². The summed E-state index contributed by atoms with van der Waals surface area (Å²) in [5, 5.41) is 17.3. The third kappa shape index (κ3) is 3.54. The summed E-state index contributed by atoms with van der Waals surface area (Å²) in [6, 6.07) is -2.12. The monoisotopic (exact) mass is 242 g/mol. The fourth-order valence-corrected chi connectivity index (χ4v) is 1.29. The van der Waals surface area contributed by atoms with Crippen LogP contribution in [0.25, 0.3) is 0 Å². The van der Waals surface area contributed by atoms with Crippen LogP contribution in [-0.2, 0) is 22.6 Å². The van der Waals surface area contributed by atoms with Crippen molar-refractivity contribution in [1.29, 1.82) is 0 Å². The molecule has 94 valence electrons. The lowest BCUT2D eigenvalue weighted by atomic mass is 10.2. The zero-order chi connectivity index (χ0) is 13.0. The summed E-state index contributed by atoms with van der Waals surface area (Å²) in [6.45, 7) is 0.0248. The first kappa shape index (κ1) is 13.1. The molecule has 0 spiro atoms. The van der Waals surface area contributed by atoms with Crippen LogP contribution in [0.1, 0.15) is 5.69 Å². The lowest BCUT2D eigenvalue weighted by molar-refractivity contribution is -0.139. The maximum Gasteiger partial charge on any atom is 0.322 e. The minimum Gasteiger partial charge on any atom is -0.480 e. The van der Waals surface area contributed by atoms with E-state index in [1.807, 2.05) is 0 Å². The van der Waals surface area contributed by atoms with Crippen molar-refractivity contribution in [1.82, 2.24) is 9.55 Å². The second kappa shape index (κ2) is 5.41. The van der Waals surface area contributed by atoms with Gasteiger partial charge in [0.05, 0.1) is 6.33 Å². The van der Waals surface area contributed by atoms with Gasteiger partial charge in [-0.05, 0) is 0 Å². The first-order valence-electron chi connectivity index (χ1n) is 4.87. The lowest BCUT2D eigenvalue weighted by Gasteiger charge is -2.12. The number of nitrogens with two attached hydrogens (primary N) is 2. The van der Waals surface area contributed by atoms with E-state index >= 15 is 0 Å². The fourth-order valence-electron chi connectivity index (χ4n) is 1.29. The van der Waals surface area contributed by atoms with E-state index in [9.17, 15) is 9.59 Å². The molecule has 2 atom stereocenters. The Bertz CT molecular complexity index is 380. The quantitative estimate of drug-likeness (QED) is 0.462. The maximum atomic E-state index is 10.6. The Morgan fingerprint density at radius 1 is 1.29 bits per heavy atom. The number of rotatable bonds is 6. The molecule has 8 heteroatoms. The molecule has 0 saturated heterocycles. The number of hydrogen-bond acceptors (Lipinski definition) is 5. The molecular weight excluding hydrogens is 228 g/mol.